The first-order chi connectivity index (χ1) is 13.5. The van der Waals surface area contributed by atoms with Gasteiger partial charge in [-0.3, -0.25) is 4.79 Å². The molecule has 146 valence electrons. The molecule has 4 fully saturated rings. The van der Waals surface area contributed by atoms with Gasteiger partial charge in [-0.1, -0.05) is 0 Å². The highest BCUT2D eigenvalue weighted by Gasteiger charge is 2.48. The summed E-state index contributed by atoms with van der Waals surface area (Å²) in [5.41, 5.74) is 7.40. The number of hydrogen-bond donors (Lipinski definition) is 3. The Hall–Kier alpha value is -2.14. The monoisotopic (exact) mass is 394 g/mol. The van der Waals surface area contributed by atoms with E-state index in [4.69, 9.17) is 10.2 Å². The Morgan fingerprint density at radius 1 is 1.00 bits per heavy atom. The molecule has 0 unspecified atom stereocenters. The maximum absolute atomic E-state index is 12.7. The van der Waals surface area contributed by atoms with E-state index in [0.717, 1.165) is 28.8 Å². The lowest BCUT2D eigenvalue weighted by atomic mass is 9.54. The van der Waals surface area contributed by atoms with Gasteiger partial charge >= 0.3 is 0 Å². The second-order valence-electron chi connectivity index (χ2n) is 8.78. The van der Waals surface area contributed by atoms with E-state index < -0.39 is 0 Å². The molecule has 6 rings (SSSR count). The van der Waals surface area contributed by atoms with E-state index in [1.54, 1.807) is 6.08 Å². The normalized spacial score (nSPS) is 31.2. The molecule has 1 amide bonds. The Kier molecular flexibility index (Phi) is 4.50. The van der Waals surface area contributed by atoms with Crippen LogP contribution >= 0.6 is 12.6 Å². The summed E-state index contributed by atoms with van der Waals surface area (Å²) in [6.45, 7) is 0. The number of amides is 1. The molecule has 3 N–H and O–H groups in total. The molecule has 4 saturated carbocycles. The van der Waals surface area contributed by atoms with Crippen molar-refractivity contribution in [2.75, 3.05) is 5.73 Å². The van der Waals surface area contributed by atoms with Gasteiger partial charge in [0.1, 0.15) is 11.5 Å². The van der Waals surface area contributed by atoms with Crippen LogP contribution in [0.1, 0.15) is 37.9 Å². The van der Waals surface area contributed by atoms with Crippen molar-refractivity contribution in [3.63, 3.8) is 0 Å². The molecule has 0 spiro atoms. The lowest BCUT2D eigenvalue weighted by Gasteiger charge is -2.54. The van der Waals surface area contributed by atoms with Gasteiger partial charge in [-0.15, -0.1) is 12.6 Å². The first-order valence-electron chi connectivity index (χ1n) is 10.2. The standard InChI is InChI=1S/C23H26N2O2S/c24-18-3-1-15(2-4-18)20-6-5-19(27-20)12-21(28)23(26)25-22-16-8-13-7-14(10-16)11-17(22)9-13/h1-6,12-14,16-17,22,28H,7-11,24H2,(H,25,26)/b21-12-. The Morgan fingerprint density at radius 2 is 1.64 bits per heavy atom. The summed E-state index contributed by atoms with van der Waals surface area (Å²) in [7, 11) is 0. The molecule has 1 aromatic carbocycles. The molecule has 28 heavy (non-hydrogen) atoms. The topological polar surface area (TPSA) is 68.3 Å². The molecular weight excluding hydrogens is 368 g/mol. The molecule has 4 bridgehead atoms. The van der Waals surface area contributed by atoms with Gasteiger partial charge in [-0.2, -0.15) is 0 Å². The van der Waals surface area contributed by atoms with Crippen LogP contribution in [-0.4, -0.2) is 11.9 Å². The maximum atomic E-state index is 12.7. The molecule has 1 heterocycles. The smallest absolute Gasteiger partial charge is 0.257 e. The molecule has 4 aliphatic rings. The Bertz CT molecular complexity index is 887. The number of rotatable bonds is 4. The fraction of sp³-hybridized carbons (Fsp3) is 0.435. The summed E-state index contributed by atoms with van der Waals surface area (Å²) >= 11 is 4.45. The fourth-order valence-corrected chi connectivity index (χ4v) is 6.01. The van der Waals surface area contributed by atoms with Gasteiger partial charge in [0.2, 0.25) is 0 Å². The van der Waals surface area contributed by atoms with Crippen molar-refractivity contribution in [3.05, 3.63) is 47.1 Å². The lowest BCUT2D eigenvalue weighted by Crippen LogP contribution is -2.55. The van der Waals surface area contributed by atoms with Crippen molar-refractivity contribution < 1.29 is 9.21 Å². The van der Waals surface area contributed by atoms with Crippen molar-refractivity contribution in [2.24, 2.45) is 23.7 Å². The summed E-state index contributed by atoms with van der Waals surface area (Å²) in [6.07, 6.45) is 8.26. The molecule has 0 radical (unpaired) electrons. The highest BCUT2D eigenvalue weighted by atomic mass is 32.1. The minimum absolute atomic E-state index is 0.0914. The predicted molar refractivity (Wildman–Crippen MR) is 114 cm³/mol. The third kappa shape index (κ3) is 3.37. The maximum Gasteiger partial charge on any atom is 0.257 e. The zero-order valence-corrected chi connectivity index (χ0v) is 16.7. The number of furan rings is 1. The SMILES string of the molecule is Nc1ccc(-c2ccc(/C=C(\S)C(=O)NC3C4CC5CC(C4)CC3C5)o2)cc1. The molecule has 5 heteroatoms. The van der Waals surface area contributed by atoms with E-state index in [1.807, 2.05) is 36.4 Å². The molecule has 4 aliphatic carbocycles. The number of carbonyl (C=O) groups is 1. The number of benzene rings is 1. The van der Waals surface area contributed by atoms with Crippen LogP contribution in [0.4, 0.5) is 5.69 Å². The van der Waals surface area contributed by atoms with Crippen LogP contribution in [0.3, 0.4) is 0 Å². The van der Waals surface area contributed by atoms with Crippen LogP contribution in [0, 0.1) is 23.7 Å². The van der Waals surface area contributed by atoms with Crippen molar-refractivity contribution >= 4 is 30.3 Å². The molecule has 1 aromatic heterocycles. The first-order valence-corrected chi connectivity index (χ1v) is 10.7. The summed E-state index contributed by atoms with van der Waals surface area (Å²) < 4.78 is 5.87. The van der Waals surface area contributed by atoms with E-state index in [9.17, 15) is 4.79 Å². The minimum Gasteiger partial charge on any atom is -0.457 e. The number of carbonyl (C=O) groups excluding carboxylic acids is 1. The first kappa shape index (κ1) is 17.9. The van der Waals surface area contributed by atoms with Gasteiger partial charge < -0.3 is 15.5 Å². The van der Waals surface area contributed by atoms with E-state index >= 15 is 0 Å². The molecule has 0 saturated heterocycles. The summed E-state index contributed by atoms with van der Waals surface area (Å²) in [6, 6.07) is 11.6. The van der Waals surface area contributed by atoms with Crippen LogP contribution in [0.25, 0.3) is 17.4 Å². The molecular formula is C23H26N2O2S. The average Bonchev–Trinajstić information content (AvgIpc) is 3.13. The van der Waals surface area contributed by atoms with Gasteiger partial charge in [0.15, 0.2) is 0 Å². The van der Waals surface area contributed by atoms with Gasteiger partial charge in [0.25, 0.3) is 5.91 Å². The fourth-order valence-electron chi connectivity index (χ4n) is 5.82. The summed E-state index contributed by atoms with van der Waals surface area (Å²) in [5, 5.41) is 3.29. The average molecular weight is 395 g/mol. The number of thiol groups is 1. The van der Waals surface area contributed by atoms with E-state index in [0.29, 0.717) is 28.5 Å². The number of hydrogen-bond acceptors (Lipinski definition) is 4. The third-order valence-corrected chi connectivity index (χ3v) is 7.19. The Morgan fingerprint density at radius 3 is 2.29 bits per heavy atom. The van der Waals surface area contributed by atoms with Gasteiger partial charge in [-0.25, -0.2) is 0 Å². The van der Waals surface area contributed by atoms with Gasteiger partial charge in [0, 0.05) is 17.3 Å². The number of anilines is 1. The second-order valence-corrected chi connectivity index (χ2v) is 9.27. The van der Waals surface area contributed by atoms with Crippen LogP contribution in [0.5, 0.6) is 0 Å². The van der Waals surface area contributed by atoms with Crippen molar-refractivity contribution in [2.45, 2.75) is 38.1 Å². The summed E-state index contributed by atoms with van der Waals surface area (Å²) in [5.74, 6) is 4.38. The highest BCUT2D eigenvalue weighted by molar-refractivity contribution is 7.85. The second kappa shape index (κ2) is 7.03. The quantitative estimate of drug-likeness (QED) is 0.399. The van der Waals surface area contributed by atoms with E-state index in [-0.39, 0.29) is 5.91 Å². The zero-order valence-electron chi connectivity index (χ0n) is 15.8. The van der Waals surface area contributed by atoms with Crippen LogP contribution in [0.2, 0.25) is 0 Å². The third-order valence-electron chi connectivity index (χ3n) is 6.86. The zero-order chi connectivity index (χ0) is 19.3. The van der Waals surface area contributed by atoms with Crippen LogP contribution in [0.15, 0.2) is 45.7 Å². The predicted octanol–water partition coefficient (Wildman–Crippen LogP) is 4.74. The number of nitrogen functional groups attached to an aromatic ring is 1. The molecule has 4 nitrogen and oxygen atoms in total. The highest BCUT2D eigenvalue weighted by Crippen LogP contribution is 2.53. The number of nitrogens with two attached hydrogens (primary N) is 1. The Balaban J connectivity index is 1.27. The molecule has 0 aliphatic heterocycles. The van der Waals surface area contributed by atoms with Crippen molar-refractivity contribution in [1.29, 1.82) is 0 Å². The summed E-state index contributed by atoms with van der Waals surface area (Å²) in [4.78, 5) is 13.1. The molecule has 2 aromatic rings. The van der Waals surface area contributed by atoms with Crippen molar-refractivity contribution in [3.8, 4) is 11.3 Å². The lowest BCUT2D eigenvalue weighted by molar-refractivity contribution is -0.120. The Labute approximate surface area is 171 Å². The van der Waals surface area contributed by atoms with Gasteiger partial charge in [-0.05, 0) is 98.2 Å². The van der Waals surface area contributed by atoms with E-state index in [2.05, 4.69) is 17.9 Å². The number of nitrogens with one attached hydrogen (secondary N) is 1. The van der Waals surface area contributed by atoms with Crippen LogP contribution in [-0.2, 0) is 4.79 Å². The van der Waals surface area contributed by atoms with Gasteiger partial charge in [0.05, 0.1) is 4.91 Å². The van der Waals surface area contributed by atoms with Crippen molar-refractivity contribution in [1.82, 2.24) is 5.32 Å². The molecule has 0 atom stereocenters. The van der Waals surface area contributed by atoms with E-state index in [1.165, 1.54) is 32.1 Å². The largest absolute Gasteiger partial charge is 0.457 e. The minimum atomic E-state index is -0.0914. The van der Waals surface area contributed by atoms with Crippen LogP contribution < -0.4 is 11.1 Å².